The molecule has 0 unspecified atom stereocenters. The molecule has 1 fully saturated rings. The first-order valence-corrected chi connectivity index (χ1v) is 10.7. The van der Waals surface area contributed by atoms with E-state index < -0.39 is 5.91 Å². The molecular formula is C24H21N7O2. The zero-order chi connectivity index (χ0) is 22.9. The monoisotopic (exact) mass is 439 g/mol. The Bertz CT molecular complexity index is 1430. The quantitative estimate of drug-likeness (QED) is 0.405. The molecular weight excluding hydrogens is 418 g/mol. The molecule has 0 spiro atoms. The second-order valence-electron chi connectivity index (χ2n) is 8.05. The normalized spacial score (nSPS) is 13.1. The molecule has 1 saturated carbocycles. The summed E-state index contributed by atoms with van der Waals surface area (Å²) in [5.41, 5.74) is 10.0. The number of hydrogen-bond donors (Lipinski definition) is 3. The van der Waals surface area contributed by atoms with Crippen LogP contribution in [-0.2, 0) is 4.79 Å². The van der Waals surface area contributed by atoms with Crippen molar-refractivity contribution in [3.05, 3.63) is 59.8 Å². The Labute approximate surface area is 189 Å². The minimum absolute atomic E-state index is 0.0678. The van der Waals surface area contributed by atoms with Crippen molar-refractivity contribution in [3.63, 3.8) is 0 Å². The first kappa shape index (κ1) is 20.5. The number of nitrogens with one attached hydrogen (secondary N) is 2. The molecule has 0 saturated heterocycles. The molecule has 5 rings (SSSR count). The number of rotatable bonds is 7. The summed E-state index contributed by atoms with van der Waals surface area (Å²) in [7, 11) is 0. The molecule has 2 heterocycles. The van der Waals surface area contributed by atoms with Crippen LogP contribution in [0.4, 0.5) is 5.82 Å². The van der Waals surface area contributed by atoms with Crippen LogP contribution in [0.2, 0.25) is 0 Å². The van der Waals surface area contributed by atoms with E-state index in [0.717, 1.165) is 29.6 Å². The van der Waals surface area contributed by atoms with Gasteiger partial charge in [-0.05, 0) is 43.2 Å². The van der Waals surface area contributed by atoms with Gasteiger partial charge in [0.2, 0.25) is 5.91 Å². The highest BCUT2D eigenvalue weighted by Gasteiger charge is 2.24. The van der Waals surface area contributed by atoms with Crippen LogP contribution in [0, 0.1) is 11.3 Å². The molecule has 1 aliphatic rings. The summed E-state index contributed by atoms with van der Waals surface area (Å²) in [6.45, 7) is 0.314. The standard InChI is InChI=1S/C24H21N7O2/c25-12-14-1-8-19-18(11-14)30-22(27-10-9-21(26)32)23-28-13-20(31(19)23)15-2-4-16(5-3-15)24(33)29-17-6-7-17/h1-5,8,11,13,17H,6-7,9-10H2,(H2,26,32)(H,27,30)(H,29,33). The van der Waals surface area contributed by atoms with Crippen LogP contribution in [0.25, 0.3) is 27.9 Å². The number of hydrogen-bond acceptors (Lipinski definition) is 6. The van der Waals surface area contributed by atoms with Crippen LogP contribution in [0.5, 0.6) is 0 Å². The van der Waals surface area contributed by atoms with Crippen molar-refractivity contribution >= 4 is 34.3 Å². The van der Waals surface area contributed by atoms with Gasteiger partial charge in [-0.2, -0.15) is 5.26 Å². The van der Waals surface area contributed by atoms with Gasteiger partial charge in [0.25, 0.3) is 5.91 Å². The summed E-state index contributed by atoms with van der Waals surface area (Å²) in [5.74, 6) is 0.00764. The van der Waals surface area contributed by atoms with Crippen LogP contribution >= 0.6 is 0 Å². The van der Waals surface area contributed by atoms with Crippen molar-refractivity contribution in [3.8, 4) is 17.3 Å². The fraction of sp³-hybridized carbons (Fsp3) is 0.208. The molecule has 9 nitrogen and oxygen atoms in total. The number of fused-ring (bicyclic) bond motifs is 3. The van der Waals surface area contributed by atoms with Crippen LogP contribution in [0.1, 0.15) is 35.2 Å². The summed E-state index contributed by atoms with van der Waals surface area (Å²) >= 11 is 0. The van der Waals surface area contributed by atoms with Crippen LogP contribution < -0.4 is 16.4 Å². The molecule has 164 valence electrons. The lowest BCUT2D eigenvalue weighted by molar-refractivity contribution is -0.117. The van der Waals surface area contributed by atoms with Crippen molar-refractivity contribution < 1.29 is 9.59 Å². The average molecular weight is 439 g/mol. The number of primary amides is 1. The SMILES string of the molecule is N#Cc1ccc2c(c1)nc(NCCC(N)=O)c1ncc(-c3ccc(C(=O)NC4CC4)cc3)n12. The largest absolute Gasteiger partial charge is 0.370 e. The maximum absolute atomic E-state index is 12.3. The molecule has 2 aromatic carbocycles. The van der Waals surface area contributed by atoms with E-state index in [1.807, 2.05) is 22.6 Å². The Morgan fingerprint density at radius 3 is 2.67 bits per heavy atom. The van der Waals surface area contributed by atoms with Gasteiger partial charge in [-0.3, -0.25) is 14.0 Å². The molecule has 1 aliphatic carbocycles. The minimum atomic E-state index is -0.416. The third kappa shape index (κ3) is 4.06. The summed E-state index contributed by atoms with van der Waals surface area (Å²) in [6.07, 6.45) is 3.97. The van der Waals surface area contributed by atoms with E-state index in [2.05, 4.69) is 26.7 Å². The topological polar surface area (TPSA) is 138 Å². The van der Waals surface area contributed by atoms with E-state index in [9.17, 15) is 14.9 Å². The molecule has 0 radical (unpaired) electrons. The summed E-state index contributed by atoms with van der Waals surface area (Å²) in [6, 6.07) is 15.1. The van der Waals surface area contributed by atoms with Crippen molar-refractivity contribution in [2.24, 2.45) is 5.73 Å². The second kappa shape index (κ2) is 8.24. The smallest absolute Gasteiger partial charge is 0.251 e. The van der Waals surface area contributed by atoms with E-state index in [4.69, 9.17) is 5.73 Å². The van der Waals surface area contributed by atoms with Crippen LogP contribution in [0.3, 0.4) is 0 Å². The van der Waals surface area contributed by atoms with Gasteiger partial charge in [-0.1, -0.05) is 12.1 Å². The first-order chi connectivity index (χ1) is 16.0. The molecule has 4 N–H and O–H groups in total. The van der Waals surface area contributed by atoms with Gasteiger partial charge in [-0.15, -0.1) is 0 Å². The Morgan fingerprint density at radius 1 is 1.18 bits per heavy atom. The first-order valence-electron chi connectivity index (χ1n) is 10.7. The Balaban J connectivity index is 1.59. The number of carbonyl (C=O) groups excluding carboxylic acids is 2. The van der Waals surface area contributed by atoms with E-state index in [0.29, 0.717) is 40.7 Å². The van der Waals surface area contributed by atoms with Gasteiger partial charge in [0, 0.05) is 30.1 Å². The number of nitrogens with two attached hydrogens (primary N) is 1. The van der Waals surface area contributed by atoms with E-state index in [1.54, 1.807) is 30.5 Å². The second-order valence-corrected chi connectivity index (χ2v) is 8.05. The number of carbonyl (C=O) groups is 2. The number of anilines is 1. The summed E-state index contributed by atoms with van der Waals surface area (Å²) < 4.78 is 1.95. The lowest BCUT2D eigenvalue weighted by Gasteiger charge is -2.12. The number of benzene rings is 2. The van der Waals surface area contributed by atoms with Gasteiger partial charge < -0.3 is 16.4 Å². The maximum atomic E-state index is 12.3. The third-order valence-electron chi connectivity index (χ3n) is 5.57. The molecule has 4 aromatic rings. The fourth-order valence-corrected chi connectivity index (χ4v) is 3.72. The maximum Gasteiger partial charge on any atom is 0.251 e. The van der Waals surface area contributed by atoms with Gasteiger partial charge in [0.1, 0.15) is 0 Å². The fourth-order valence-electron chi connectivity index (χ4n) is 3.72. The average Bonchev–Trinajstić information content (AvgIpc) is 3.52. The zero-order valence-electron chi connectivity index (χ0n) is 17.7. The Kier molecular flexibility index (Phi) is 5.11. The number of amides is 2. The highest BCUT2D eigenvalue weighted by atomic mass is 16.2. The van der Waals surface area contributed by atoms with Crippen molar-refractivity contribution in [2.45, 2.75) is 25.3 Å². The minimum Gasteiger partial charge on any atom is -0.370 e. The number of aromatic nitrogens is 3. The van der Waals surface area contributed by atoms with E-state index in [-0.39, 0.29) is 12.3 Å². The molecule has 0 aliphatic heterocycles. The lowest BCUT2D eigenvalue weighted by atomic mass is 10.1. The Hall–Kier alpha value is -4.45. The number of nitrogens with zero attached hydrogens (tertiary/aromatic N) is 4. The third-order valence-corrected chi connectivity index (χ3v) is 5.57. The van der Waals surface area contributed by atoms with E-state index >= 15 is 0 Å². The molecule has 9 heteroatoms. The lowest BCUT2D eigenvalue weighted by Crippen LogP contribution is -2.25. The number of imidazole rings is 1. The predicted octanol–water partition coefficient (Wildman–Crippen LogP) is 2.60. The molecule has 33 heavy (non-hydrogen) atoms. The van der Waals surface area contributed by atoms with Gasteiger partial charge in [0.05, 0.1) is 34.6 Å². The van der Waals surface area contributed by atoms with Gasteiger partial charge in [-0.25, -0.2) is 9.97 Å². The molecule has 2 aromatic heterocycles. The summed E-state index contributed by atoms with van der Waals surface area (Å²) in [4.78, 5) is 32.7. The number of nitriles is 1. The van der Waals surface area contributed by atoms with Crippen molar-refractivity contribution in [1.29, 1.82) is 5.26 Å². The van der Waals surface area contributed by atoms with E-state index in [1.165, 1.54) is 0 Å². The predicted molar refractivity (Wildman–Crippen MR) is 123 cm³/mol. The van der Waals surface area contributed by atoms with Crippen molar-refractivity contribution in [2.75, 3.05) is 11.9 Å². The molecule has 0 atom stereocenters. The molecule has 2 amide bonds. The van der Waals surface area contributed by atoms with Crippen LogP contribution in [0.15, 0.2) is 48.7 Å². The highest BCUT2D eigenvalue weighted by Crippen LogP contribution is 2.29. The summed E-state index contributed by atoms with van der Waals surface area (Å²) in [5, 5.41) is 15.4. The molecule has 0 bridgehead atoms. The zero-order valence-corrected chi connectivity index (χ0v) is 17.7. The van der Waals surface area contributed by atoms with Crippen molar-refractivity contribution in [1.82, 2.24) is 19.7 Å². The highest BCUT2D eigenvalue weighted by molar-refractivity contribution is 5.95. The van der Waals surface area contributed by atoms with Gasteiger partial charge in [0.15, 0.2) is 11.5 Å². The van der Waals surface area contributed by atoms with Gasteiger partial charge >= 0.3 is 0 Å². The van der Waals surface area contributed by atoms with Crippen LogP contribution in [-0.4, -0.2) is 38.8 Å². The Morgan fingerprint density at radius 2 is 1.97 bits per heavy atom.